The van der Waals surface area contributed by atoms with Crippen LogP contribution in [0.5, 0.6) is 11.5 Å². The molecule has 4 aromatic rings. The molecule has 1 aromatic heterocycles. The lowest BCUT2D eigenvalue weighted by molar-refractivity contribution is 0.296. The van der Waals surface area contributed by atoms with Crippen LogP contribution in [0.25, 0.3) is 23.2 Å². The summed E-state index contributed by atoms with van der Waals surface area (Å²) in [6, 6.07) is 24.5. The molecule has 0 saturated carbocycles. The Labute approximate surface area is 183 Å². The van der Waals surface area contributed by atoms with E-state index in [0.29, 0.717) is 12.5 Å². The first kappa shape index (κ1) is 20.7. The molecule has 158 valence electrons. The lowest BCUT2D eigenvalue weighted by Gasteiger charge is -2.14. The Morgan fingerprint density at radius 3 is 2.42 bits per heavy atom. The minimum absolute atomic E-state index is 0.424. The number of hydrogen-bond donors (Lipinski definition) is 0. The highest BCUT2D eigenvalue weighted by molar-refractivity contribution is 5.79. The van der Waals surface area contributed by atoms with Crippen LogP contribution in [-0.4, -0.2) is 23.3 Å². The lowest BCUT2D eigenvalue weighted by Crippen LogP contribution is -2.10. The molecular formula is C27H28N2O2. The smallest absolute Gasteiger partial charge is 0.133 e. The van der Waals surface area contributed by atoms with Crippen molar-refractivity contribution in [2.24, 2.45) is 0 Å². The number of aromatic nitrogens is 2. The van der Waals surface area contributed by atoms with Gasteiger partial charge in [-0.3, -0.25) is 0 Å². The van der Waals surface area contributed by atoms with Gasteiger partial charge in [-0.2, -0.15) is 0 Å². The van der Waals surface area contributed by atoms with E-state index in [-0.39, 0.29) is 0 Å². The van der Waals surface area contributed by atoms with Crippen molar-refractivity contribution < 1.29 is 9.47 Å². The maximum Gasteiger partial charge on any atom is 0.133 e. The van der Waals surface area contributed by atoms with Crippen molar-refractivity contribution in [3.8, 4) is 11.5 Å². The minimum Gasteiger partial charge on any atom is -0.497 e. The Bertz CT molecular complexity index is 1170. The molecule has 4 heteroatoms. The summed E-state index contributed by atoms with van der Waals surface area (Å²) in [7, 11) is 1.68. The third-order valence-corrected chi connectivity index (χ3v) is 5.34. The number of methoxy groups -OCH3 is 1. The maximum atomic E-state index is 6.18. The summed E-state index contributed by atoms with van der Waals surface area (Å²) in [5, 5.41) is 0. The summed E-state index contributed by atoms with van der Waals surface area (Å²) in [4.78, 5) is 4.83. The number of para-hydroxylation sites is 3. The molecule has 4 rings (SSSR count). The van der Waals surface area contributed by atoms with Gasteiger partial charge in [-0.25, -0.2) is 4.98 Å². The van der Waals surface area contributed by atoms with Crippen LogP contribution in [0.1, 0.15) is 36.7 Å². The standard InChI is InChI=1S/C27H28N2O2/c1-20(2)23-8-4-7-11-26(23)31-19-18-29-25-10-6-5-9-24(25)28-27(29)17-14-21-12-15-22(30-3)16-13-21/h4-17,20H,18-19H2,1-3H3/b17-14+. The van der Waals surface area contributed by atoms with E-state index >= 15 is 0 Å². The molecular weight excluding hydrogens is 384 g/mol. The number of ether oxygens (including phenoxy) is 2. The fourth-order valence-corrected chi connectivity index (χ4v) is 3.68. The van der Waals surface area contributed by atoms with Gasteiger partial charge in [-0.1, -0.05) is 62.4 Å². The van der Waals surface area contributed by atoms with Crippen LogP contribution >= 0.6 is 0 Å². The second-order valence-electron chi connectivity index (χ2n) is 7.76. The monoisotopic (exact) mass is 412 g/mol. The first-order chi connectivity index (χ1) is 15.2. The van der Waals surface area contributed by atoms with Gasteiger partial charge in [0.05, 0.1) is 24.7 Å². The van der Waals surface area contributed by atoms with Crippen molar-refractivity contribution >= 4 is 23.2 Å². The number of hydrogen-bond acceptors (Lipinski definition) is 3. The molecule has 0 saturated heterocycles. The molecule has 0 amide bonds. The van der Waals surface area contributed by atoms with E-state index in [4.69, 9.17) is 14.5 Å². The second-order valence-corrected chi connectivity index (χ2v) is 7.76. The number of benzene rings is 3. The molecule has 0 unspecified atom stereocenters. The Hall–Kier alpha value is -3.53. The van der Waals surface area contributed by atoms with Crippen LogP contribution in [0.3, 0.4) is 0 Å². The van der Waals surface area contributed by atoms with Crippen LogP contribution in [0.4, 0.5) is 0 Å². The van der Waals surface area contributed by atoms with E-state index in [0.717, 1.165) is 40.5 Å². The van der Waals surface area contributed by atoms with Crippen molar-refractivity contribution in [3.63, 3.8) is 0 Å². The van der Waals surface area contributed by atoms with Gasteiger partial charge in [0.2, 0.25) is 0 Å². The Kier molecular flexibility index (Phi) is 6.37. The van der Waals surface area contributed by atoms with Gasteiger partial charge < -0.3 is 14.0 Å². The summed E-state index contributed by atoms with van der Waals surface area (Å²) in [6.45, 7) is 5.67. The predicted octanol–water partition coefficient (Wildman–Crippen LogP) is 6.42. The highest BCUT2D eigenvalue weighted by Crippen LogP contribution is 2.26. The van der Waals surface area contributed by atoms with E-state index in [9.17, 15) is 0 Å². The third-order valence-electron chi connectivity index (χ3n) is 5.34. The van der Waals surface area contributed by atoms with E-state index in [2.05, 4.69) is 48.8 Å². The maximum absolute atomic E-state index is 6.18. The van der Waals surface area contributed by atoms with Crippen molar-refractivity contribution in [3.05, 3.63) is 89.7 Å². The molecule has 0 atom stereocenters. The van der Waals surface area contributed by atoms with E-state index in [1.54, 1.807) is 7.11 Å². The normalized spacial score (nSPS) is 11.5. The minimum atomic E-state index is 0.424. The average Bonchev–Trinajstić information content (AvgIpc) is 3.16. The summed E-state index contributed by atoms with van der Waals surface area (Å²) in [6.07, 6.45) is 4.13. The van der Waals surface area contributed by atoms with Crippen LogP contribution in [0.15, 0.2) is 72.8 Å². The zero-order valence-corrected chi connectivity index (χ0v) is 18.3. The van der Waals surface area contributed by atoms with Crippen molar-refractivity contribution in [2.75, 3.05) is 13.7 Å². The first-order valence-corrected chi connectivity index (χ1v) is 10.6. The quantitative estimate of drug-likeness (QED) is 0.335. The fraction of sp³-hybridized carbons (Fsp3) is 0.222. The van der Waals surface area contributed by atoms with Crippen molar-refractivity contribution in [2.45, 2.75) is 26.3 Å². The number of fused-ring (bicyclic) bond motifs is 1. The zero-order chi connectivity index (χ0) is 21.6. The van der Waals surface area contributed by atoms with Gasteiger partial charge in [-0.15, -0.1) is 0 Å². The Morgan fingerprint density at radius 1 is 0.903 bits per heavy atom. The number of nitrogens with zero attached hydrogens (tertiary/aromatic N) is 2. The first-order valence-electron chi connectivity index (χ1n) is 10.6. The molecule has 0 aliphatic carbocycles. The predicted molar refractivity (Wildman–Crippen MR) is 128 cm³/mol. The topological polar surface area (TPSA) is 36.3 Å². The molecule has 0 spiro atoms. The highest BCUT2D eigenvalue weighted by Gasteiger charge is 2.10. The van der Waals surface area contributed by atoms with Crippen LogP contribution < -0.4 is 9.47 Å². The van der Waals surface area contributed by atoms with Gasteiger partial charge in [-0.05, 0) is 53.5 Å². The zero-order valence-electron chi connectivity index (χ0n) is 18.3. The van der Waals surface area contributed by atoms with Gasteiger partial charge in [0.15, 0.2) is 0 Å². The molecule has 0 aliphatic rings. The molecule has 31 heavy (non-hydrogen) atoms. The summed E-state index contributed by atoms with van der Waals surface area (Å²) >= 11 is 0. The molecule has 0 N–H and O–H groups in total. The number of rotatable bonds is 8. The number of imidazole rings is 1. The molecule has 4 nitrogen and oxygen atoms in total. The van der Waals surface area contributed by atoms with Crippen molar-refractivity contribution in [1.29, 1.82) is 0 Å². The lowest BCUT2D eigenvalue weighted by atomic mass is 10.0. The van der Waals surface area contributed by atoms with Gasteiger partial charge >= 0.3 is 0 Å². The van der Waals surface area contributed by atoms with Gasteiger partial charge in [0, 0.05) is 0 Å². The SMILES string of the molecule is COc1ccc(/C=C/c2nc3ccccc3n2CCOc2ccccc2C(C)C)cc1. The van der Waals surface area contributed by atoms with Gasteiger partial charge in [0.1, 0.15) is 23.9 Å². The molecule has 0 aliphatic heterocycles. The Morgan fingerprint density at radius 2 is 1.65 bits per heavy atom. The largest absolute Gasteiger partial charge is 0.497 e. The summed E-state index contributed by atoms with van der Waals surface area (Å²) < 4.78 is 13.6. The van der Waals surface area contributed by atoms with E-state index in [1.165, 1.54) is 5.56 Å². The van der Waals surface area contributed by atoms with Gasteiger partial charge in [0.25, 0.3) is 0 Å². The fourth-order valence-electron chi connectivity index (χ4n) is 3.68. The van der Waals surface area contributed by atoms with Crippen LogP contribution in [0, 0.1) is 0 Å². The van der Waals surface area contributed by atoms with Crippen LogP contribution in [0.2, 0.25) is 0 Å². The summed E-state index contributed by atoms with van der Waals surface area (Å²) in [5.74, 6) is 3.14. The second kappa shape index (κ2) is 9.52. The van der Waals surface area contributed by atoms with Crippen LogP contribution in [-0.2, 0) is 6.54 Å². The van der Waals surface area contributed by atoms with Crippen molar-refractivity contribution in [1.82, 2.24) is 9.55 Å². The molecule has 0 radical (unpaired) electrons. The average molecular weight is 413 g/mol. The molecule has 1 heterocycles. The highest BCUT2D eigenvalue weighted by atomic mass is 16.5. The van der Waals surface area contributed by atoms with E-state index in [1.807, 2.05) is 54.6 Å². The third kappa shape index (κ3) is 4.80. The Balaban J connectivity index is 1.56. The summed E-state index contributed by atoms with van der Waals surface area (Å²) in [5.41, 5.74) is 4.43. The molecule has 3 aromatic carbocycles. The molecule has 0 bridgehead atoms. The molecule has 0 fully saturated rings. The van der Waals surface area contributed by atoms with E-state index < -0.39 is 0 Å².